The van der Waals surface area contributed by atoms with Crippen molar-refractivity contribution in [2.45, 2.75) is 38.3 Å². The fourth-order valence-electron chi connectivity index (χ4n) is 2.29. The van der Waals surface area contributed by atoms with Crippen LogP contribution < -0.4 is 10.6 Å². The molecule has 3 unspecified atom stereocenters. The van der Waals surface area contributed by atoms with Gasteiger partial charge in [-0.1, -0.05) is 12.8 Å². The van der Waals surface area contributed by atoms with Crippen molar-refractivity contribution >= 4 is 12.0 Å². The van der Waals surface area contributed by atoms with E-state index in [4.69, 9.17) is 9.84 Å². The van der Waals surface area contributed by atoms with Crippen LogP contribution in [0.3, 0.4) is 0 Å². The number of aliphatic carboxylic acids is 1. The van der Waals surface area contributed by atoms with Gasteiger partial charge in [0.2, 0.25) is 0 Å². The highest BCUT2D eigenvalue weighted by Gasteiger charge is 2.35. The molecule has 2 aliphatic rings. The molecule has 0 aromatic heterocycles. The van der Waals surface area contributed by atoms with E-state index in [2.05, 4.69) is 10.6 Å². The van der Waals surface area contributed by atoms with Crippen molar-refractivity contribution in [1.82, 2.24) is 10.6 Å². The van der Waals surface area contributed by atoms with Gasteiger partial charge in [0.25, 0.3) is 0 Å². The number of urea groups is 1. The van der Waals surface area contributed by atoms with Gasteiger partial charge < -0.3 is 20.5 Å². The van der Waals surface area contributed by atoms with E-state index in [-0.39, 0.29) is 25.3 Å². The van der Waals surface area contributed by atoms with Crippen LogP contribution in [0.5, 0.6) is 0 Å². The van der Waals surface area contributed by atoms with Crippen molar-refractivity contribution < 1.29 is 19.4 Å². The maximum atomic E-state index is 11.7. The normalized spacial score (nSPS) is 28.7. The minimum absolute atomic E-state index is 0.128. The summed E-state index contributed by atoms with van der Waals surface area (Å²) in [7, 11) is 0. The molecule has 0 bridgehead atoms. The van der Waals surface area contributed by atoms with Gasteiger partial charge in [-0.2, -0.15) is 0 Å². The number of hydrogen-bond acceptors (Lipinski definition) is 3. The maximum absolute atomic E-state index is 11.7. The summed E-state index contributed by atoms with van der Waals surface area (Å²) in [6, 6.07) is -0.608. The Balaban J connectivity index is 1.73. The van der Waals surface area contributed by atoms with E-state index in [9.17, 15) is 9.59 Å². The molecule has 102 valence electrons. The van der Waals surface area contributed by atoms with Crippen LogP contribution in [0, 0.1) is 11.8 Å². The average Bonchev–Trinajstić information content (AvgIpc) is 2.94. The molecule has 18 heavy (non-hydrogen) atoms. The molecular formula is C12H20N2O4. The molecule has 1 aliphatic carbocycles. The van der Waals surface area contributed by atoms with Gasteiger partial charge in [-0.05, 0) is 19.3 Å². The molecular weight excluding hydrogens is 236 g/mol. The second kappa shape index (κ2) is 5.56. The minimum atomic E-state index is -0.927. The first-order valence-electron chi connectivity index (χ1n) is 6.44. The molecule has 0 spiro atoms. The fourth-order valence-corrected chi connectivity index (χ4v) is 2.29. The van der Waals surface area contributed by atoms with Crippen LogP contribution in [0.1, 0.15) is 26.2 Å². The van der Waals surface area contributed by atoms with Gasteiger partial charge in [0, 0.05) is 6.04 Å². The fraction of sp³-hybridized carbons (Fsp3) is 0.833. The number of carboxylic acid groups (broad SMARTS) is 1. The second-order valence-electron chi connectivity index (χ2n) is 5.29. The number of carboxylic acids is 1. The van der Waals surface area contributed by atoms with Crippen LogP contribution in [0.4, 0.5) is 4.79 Å². The first kappa shape index (κ1) is 13.1. The number of ether oxygens (including phenoxy) is 1. The summed E-state index contributed by atoms with van der Waals surface area (Å²) in [4.78, 5) is 22.6. The van der Waals surface area contributed by atoms with Crippen LogP contribution in [0.15, 0.2) is 0 Å². The Hall–Kier alpha value is -1.30. The van der Waals surface area contributed by atoms with Crippen molar-refractivity contribution in [1.29, 1.82) is 0 Å². The van der Waals surface area contributed by atoms with Crippen LogP contribution in [-0.2, 0) is 9.53 Å². The zero-order valence-corrected chi connectivity index (χ0v) is 10.5. The summed E-state index contributed by atoms with van der Waals surface area (Å²) in [6.45, 7) is 2.40. The number of carbonyl (C=O) groups excluding carboxylic acids is 1. The van der Waals surface area contributed by atoms with Gasteiger partial charge in [0.1, 0.15) is 5.92 Å². The number of carbonyl (C=O) groups is 2. The molecule has 3 N–H and O–H groups in total. The number of hydrogen-bond donors (Lipinski definition) is 3. The monoisotopic (exact) mass is 256 g/mol. The SMILES string of the molecule is CC(CC1CC1)NC(=O)NC1COCC1C(=O)O. The van der Waals surface area contributed by atoms with Crippen molar-refractivity contribution in [2.75, 3.05) is 13.2 Å². The van der Waals surface area contributed by atoms with Gasteiger partial charge in [-0.3, -0.25) is 4.79 Å². The van der Waals surface area contributed by atoms with Crippen molar-refractivity contribution in [3.05, 3.63) is 0 Å². The van der Waals surface area contributed by atoms with E-state index in [1.807, 2.05) is 6.92 Å². The van der Waals surface area contributed by atoms with Gasteiger partial charge in [-0.15, -0.1) is 0 Å². The third-order valence-electron chi connectivity index (χ3n) is 3.48. The lowest BCUT2D eigenvalue weighted by Crippen LogP contribution is -2.49. The van der Waals surface area contributed by atoms with Gasteiger partial charge in [0.15, 0.2) is 0 Å². The predicted molar refractivity (Wildman–Crippen MR) is 64.2 cm³/mol. The van der Waals surface area contributed by atoms with Gasteiger partial charge in [-0.25, -0.2) is 4.79 Å². The molecule has 0 aromatic rings. The van der Waals surface area contributed by atoms with Crippen molar-refractivity contribution in [3.63, 3.8) is 0 Å². The van der Waals surface area contributed by atoms with E-state index < -0.39 is 17.9 Å². The maximum Gasteiger partial charge on any atom is 0.315 e. The molecule has 3 atom stereocenters. The topological polar surface area (TPSA) is 87.7 Å². The van der Waals surface area contributed by atoms with Gasteiger partial charge in [0.05, 0.1) is 19.3 Å². The van der Waals surface area contributed by atoms with Gasteiger partial charge >= 0.3 is 12.0 Å². The molecule has 1 saturated heterocycles. The molecule has 0 radical (unpaired) electrons. The Kier molecular flexibility index (Phi) is 4.06. The van der Waals surface area contributed by atoms with Crippen LogP contribution in [-0.4, -0.2) is 42.4 Å². The smallest absolute Gasteiger partial charge is 0.315 e. The Labute approximate surface area is 106 Å². The van der Waals surface area contributed by atoms with E-state index in [1.165, 1.54) is 12.8 Å². The lowest BCUT2D eigenvalue weighted by molar-refractivity contribution is -0.142. The van der Waals surface area contributed by atoms with E-state index in [0.29, 0.717) is 0 Å². The van der Waals surface area contributed by atoms with Crippen molar-refractivity contribution in [2.24, 2.45) is 11.8 Å². The third kappa shape index (κ3) is 3.60. The number of amides is 2. The summed E-state index contributed by atoms with van der Waals surface area (Å²) >= 11 is 0. The minimum Gasteiger partial charge on any atom is -0.481 e. The first-order valence-corrected chi connectivity index (χ1v) is 6.44. The van der Waals surface area contributed by atoms with Crippen LogP contribution in [0.2, 0.25) is 0 Å². The average molecular weight is 256 g/mol. The number of rotatable bonds is 5. The molecule has 1 aliphatic heterocycles. The Bertz CT molecular complexity index is 330. The molecule has 1 saturated carbocycles. The highest BCUT2D eigenvalue weighted by atomic mass is 16.5. The number of nitrogens with one attached hydrogen (secondary N) is 2. The largest absolute Gasteiger partial charge is 0.481 e. The quantitative estimate of drug-likeness (QED) is 0.671. The molecule has 0 aromatic carbocycles. The highest BCUT2D eigenvalue weighted by Crippen LogP contribution is 2.33. The van der Waals surface area contributed by atoms with E-state index in [0.717, 1.165) is 12.3 Å². The lowest BCUT2D eigenvalue weighted by atomic mass is 10.0. The first-order chi connectivity index (χ1) is 8.56. The molecule has 6 nitrogen and oxygen atoms in total. The molecule has 2 amide bonds. The summed E-state index contributed by atoms with van der Waals surface area (Å²) in [5.74, 6) is -0.819. The lowest BCUT2D eigenvalue weighted by Gasteiger charge is -2.19. The molecule has 6 heteroatoms. The molecule has 2 fully saturated rings. The van der Waals surface area contributed by atoms with Crippen molar-refractivity contribution in [3.8, 4) is 0 Å². The summed E-state index contributed by atoms with van der Waals surface area (Å²) < 4.78 is 5.09. The second-order valence-corrected chi connectivity index (χ2v) is 5.29. The summed E-state index contributed by atoms with van der Waals surface area (Å²) in [6.07, 6.45) is 3.51. The predicted octanol–water partition coefficient (Wildman–Crippen LogP) is 0.574. The Morgan fingerprint density at radius 2 is 2.11 bits per heavy atom. The van der Waals surface area contributed by atoms with Crippen LogP contribution in [0.25, 0.3) is 0 Å². The highest BCUT2D eigenvalue weighted by molar-refractivity contribution is 5.77. The van der Waals surface area contributed by atoms with Crippen LogP contribution >= 0.6 is 0 Å². The van der Waals surface area contributed by atoms with E-state index in [1.54, 1.807) is 0 Å². The zero-order valence-electron chi connectivity index (χ0n) is 10.5. The standard InChI is InChI=1S/C12H20N2O4/c1-7(4-8-2-3-8)13-12(17)14-10-6-18-5-9(10)11(15)16/h7-10H,2-6H2,1H3,(H,15,16)(H2,13,14,17). The third-order valence-corrected chi connectivity index (χ3v) is 3.48. The summed E-state index contributed by atoms with van der Waals surface area (Å²) in [5, 5.41) is 14.5. The molecule has 1 heterocycles. The zero-order chi connectivity index (χ0) is 13.1. The Morgan fingerprint density at radius 3 is 2.72 bits per heavy atom. The molecule has 2 rings (SSSR count). The Morgan fingerprint density at radius 1 is 1.39 bits per heavy atom. The summed E-state index contributed by atoms with van der Waals surface area (Å²) in [5.41, 5.74) is 0. The van der Waals surface area contributed by atoms with E-state index >= 15 is 0 Å².